The molecule has 7 rings (SSSR count). The van der Waals surface area contributed by atoms with E-state index in [1.54, 1.807) is 40.9 Å². The van der Waals surface area contributed by atoms with Crippen molar-refractivity contribution < 1.29 is 22.7 Å². The van der Waals surface area contributed by atoms with Gasteiger partial charge in [0.25, 0.3) is 0 Å². The van der Waals surface area contributed by atoms with Crippen molar-refractivity contribution in [1.29, 1.82) is 0 Å². The summed E-state index contributed by atoms with van der Waals surface area (Å²) in [6, 6.07) is 39.8. The standard InChI is InChI=1S/C41H35ClN2O5S3/c1-41(48-37-27-50-39-19-11-9-17-32(37)39,49-38-28-51-40-20-12-10-18-33(38)40)43(24-29-13-5-3-6-14-29)26-36(45)31-21-22-34(42)35(23-31)44(52(2,46)47)25-30-15-7-4-8-16-30/h3-23,27-28H,24-26H2,1-2H3. The van der Waals surface area contributed by atoms with E-state index < -0.39 is 15.9 Å². The van der Waals surface area contributed by atoms with Crippen LogP contribution in [-0.4, -0.2) is 37.8 Å². The van der Waals surface area contributed by atoms with Gasteiger partial charge in [-0.3, -0.25) is 9.10 Å². The normalized spacial score (nSPS) is 12.0. The first-order chi connectivity index (χ1) is 25.1. The summed E-state index contributed by atoms with van der Waals surface area (Å²) in [5.74, 6) is -0.496. The number of Topliss-reactive ketones (excluding diaryl/α,β-unsaturated/α-hetero) is 1. The molecule has 7 aromatic rings. The Bertz CT molecular complexity index is 2370. The fourth-order valence-electron chi connectivity index (χ4n) is 6.04. The van der Waals surface area contributed by atoms with Gasteiger partial charge in [0, 0.05) is 50.0 Å². The Morgan fingerprint density at radius 1 is 0.712 bits per heavy atom. The minimum atomic E-state index is -3.77. The summed E-state index contributed by atoms with van der Waals surface area (Å²) in [5.41, 5.74) is 2.24. The second-order valence-electron chi connectivity index (χ2n) is 12.5. The van der Waals surface area contributed by atoms with Gasteiger partial charge in [0.15, 0.2) is 5.78 Å². The number of anilines is 1. The molecule has 0 aliphatic heterocycles. The number of ketones is 1. The minimum Gasteiger partial charge on any atom is -0.438 e. The van der Waals surface area contributed by atoms with Gasteiger partial charge in [0.05, 0.1) is 30.1 Å². The lowest BCUT2D eigenvalue weighted by molar-refractivity contribution is -0.209. The Labute approximate surface area is 316 Å². The number of nitrogens with zero attached hydrogens (tertiary/aromatic N) is 2. The summed E-state index contributed by atoms with van der Waals surface area (Å²) < 4.78 is 43.4. The molecular weight excluding hydrogens is 732 g/mol. The van der Waals surface area contributed by atoms with E-state index in [0.717, 1.165) is 37.6 Å². The first kappa shape index (κ1) is 35.7. The average Bonchev–Trinajstić information content (AvgIpc) is 3.74. The summed E-state index contributed by atoms with van der Waals surface area (Å²) in [7, 11) is -3.77. The van der Waals surface area contributed by atoms with Crippen molar-refractivity contribution in [2.75, 3.05) is 17.1 Å². The smallest absolute Gasteiger partial charge is 0.313 e. The molecule has 0 saturated heterocycles. The van der Waals surface area contributed by atoms with Crippen LogP contribution in [0, 0.1) is 0 Å². The lowest BCUT2D eigenvalue weighted by atomic mass is 10.1. The van der Waals surface area contributed by atoms with Gasteiger partial charge in [-0.25, -0.2) is 13.3 Å². The van der Waals surface area contributed by atoms with Crippen LogP contribution < -0.4 is 13.8 Å². The molecule has 0 bridgehead atoms. The number of sulfonamides is 1. The van der Waals surface area contributed by atoms with Crippen molar-refractivity contribution in [3.63, 3.8) is 0 Å². The lowest BCUT2D eigenvalue weighted by Crippen LogP contribution is -2.56. The van der Waals surface area contributed by atoms with Crippen LogP contribution in [0.3, 0.4) is 0 Å². The highest BCUT2D eigenvalue weighted by Crippen LogP contribution is 2.40. The summed E-state index contributed by atoms with van der Waals surface area (Å²) in [6.07, 6.45) is 1.13. The third-order valence-corrected chi connectivity index (χ3v) is 12.1. The molecular formula is C41H35ClN2O5S3. The lowest BCUT2D eigenvalue weighted by Gasteiger charge is -2.40. The summed E-state index contributed by atoms with van der Waals surface area (Å²) in [4.78, 5) is 16.3. The highest BCUT2D eigenvalue weighted by Gasteiger charge is 2.40. The molecule has 7 nitrogen and oxygen atoms in total. The molecule has 0 aliphatic carbocycles. The van der Waals surface area contributed by atoms with Gasteiger partial charge in [-0.1, -0.05) is 96.5 Å². The molecule has 11 heteroatoms. The molecule has 0 amide bonds. The number of hydrogen-bond donors (Lipinski definition) is 0. The van der Waals surface area contributed by atoms with Crippen molar-refractivity contribution in [2.45, 2.75) is 25.9 Å². The molecule has 0 spiro atoms. The largest absolute Gasteiger partial charge is 0.438 e. The highest BCUT2D eigenvalue weighted by atomic mass is 35.5. The number of carbonyl (C=O) groups excluding carboxylic acids is 1. The zero-order chi connectivity index (χ0) is 36.3. The van der Waals surface area contributed by atoms with E-state index in [1.165, 1.54) is 4.31 Å². The highest BCUT2D eigenvalue weighted by molar-refractivity contribution is 7.92. The first-order valence-corrected chi connectivity index (χ1v) is 20.5. The van der Waals surface area contributed by atoms with E-state index in [1.807, 2.05) is 132 Å². The molecule has 0 N–H and O–H groups in total. The summed E-state index contributed by atoms with van der Waals surface area (Å²) in [6.45, 7) is 2.06. The van der Waals surface area contributed by atoms with Crippen LogP contribution >= 0.6 is 34.3 Å². The summed E-state index contributed by atoms with van der Waals surface area (Å²) >= 11 is 9.78. The fraction of sp³-hybridized carbons (Fsp3) is 0.146. The molecule has 52 heavy (non-hydrogen) atoms. The number of carbonyl (C=O) groups is 1. The van der Waals surface area contributed by atoms with Gasteiger partial charge < -0.3 is 9.47 Å². The third kappa shape index (κ3) is 7.86. The molecule has 0 atom stereocenters. The predicted molar refractivity (Wildman–Crippen MR) is 213 cm³/mol. The quantitative estimate of drug-likeness (QED) is 0.0810. The van der Waals surface area contributed by atoms with Gasteiger partial charge in [0.1, 0.15) is 11.5 Å². The molecule has 2 aromatic heterocycles. The Balaban J connectivity index is 1.29. The van der Waals surface area contributed by atoms with Crippen molar-refractivity contribution in [3.8, 4) is 11.5 Å². The van der Waals surface area contributed by atoms with Crippen LogP contribution in [0.5, 0.6) is 11.5 Å². The maximum atomic E-state index is 14.5. The van der Waals surface area contributed by atoms with E-state index in [9.17, 15) is 13.2 Å². The maximum Gasteiger partial charge on any atom is 0.313 e. The van der Waals surface area contributed by atoms with Gasteiger partial charge in [-0.15, -0.1) is 22.7 Å². The Morgan fingerprint density at radius 2 is 1.21 bits per heavy atom. The Morgan fingerprint density at radius 3 is 1.75 bits per heavy atom. The van der Waals surface area contributed by atoms with Gasteiger partial charge >= 0.3 is 5.91 Å². The summed E-state index contributed by atoms with van der Waals surface area (Å²) in [5, 5.41) is 6.00. The van der Waals surface area contributed by atoms with Crippen molar-refractivity contribution in [2.24, 2.45) is 0 Å². The Kier molecular flexibility index (Phi) is 10.4. The van der Waals surface area contributed by atoms with Crippen LogP contribution in [0.15, 0.2) is 138 Å². The zero-order valence-electron chi connectivity index (χ0n) is 28.4. The van der Waals surface area contributed by atoms with Gasteiger partial charge in [0.2, 0.25) is 10.0 Å². The number of rotatable bonds is 14. The van der Waals surface area contributed by atoms with Gasteiger partial charge in [-0.2, -0.15) is 0 Å². The monoisotopic (exact) mass is 766 g/mol. The average molecular weight is 767 g/mol. The second-order valence-corrected chi connectivity index (χ2v) is 16.6. The topological polar surface area (TPSA) is 76.2 Å². The molecule has 0 fully saturated rings. The van der Waals surface area contributed by atoms with Crippen LogP contribution in [0.4, 0.5) is 5.69 Å². The SMILES string of the molecule is CC(Oc1csc2ccccc12)(Oc1csc2ccccc12)N(CC(=O)c1ccc(Cl)c(N(Cc2ccccc2)S(C)(=O)=O)c1)Cc1ccccc1. The van der Waals surface area contributed by atoms with Crippen molar-refractivity contribution in [3.05, 3.63) is 160 Å². The molecule has 264 valence electrons. The number of fused-ring (bicyclic) bond motifs is 2. The molecule has 5 aromatic carbocycles. The van der Waals surface area contributed by atoms with E-state index in [-0.39, 0.29) is 29.6 Å². The number of hydrogen-bond acceptors (Lipinski definition) is 8. The fourth-order valence-corrected chi connectivity index (χ4v) is 8.93. The van der Waals surface area contributed by atoms with Gasteiger partial charge in [-0.05, 0) is 53.6 Å². The van der Waals surface area contributed by atoms with E-state index in [4.69, 9.17) is 21.1 Å². The van der Waals surface area contributed by atoms with Crippen LogP contribution in [-0.2, 0) is 23.1 Å². The molecule has 0 unspecified atom stereocenters. The second kappa shape index (κ2) is 15.1. The molecule has 0 aliphatic rings. The van der Waals surface area contributed by atoms with Crippen molar-refractivity contribution in [1.82, 2.24) is 4.90 Å². The Hall–Kier alpha value is -4.71. The predicted octanol–water partition coefficient (Wildman–Crippen LogP) is 10.3. The first-order valence-electron chi connectivity index (χ1n) is 16.5. The van der Waals surface area contributed by atoms with Crippen LogP contribution in [0.1, 0.15) is 28.4 Å². The van der Waals surface area contributed by atoms with E-state index >= 15 is 0 Å². The van der Waals surface area contributed by atoms with E-state index in [0.29, 0.717) is 23.6 Å². The number of ether oxygens (including phenoxy) is 2. The third-order valence-electron chi connectivity index (χ3n) is 8.72. The zero-order valence-corrected chi connectivity index (χ0v) is 31.6. The number of halogens is 1. The number of benzene rings is 5. The van der Waals surface area contributed by atoms with E-state index in [2.05, 4.69) is 0 Å². The molecule has 2 heterocycles. The molecule has 0 radical (unpaired) electrons. The molecule has 0 saturated carbocycles. The maximum absolute atomic E-state index is 14.5. The van der Waals surface area contributed by atoms with Crippen molar-refractivity contribution >= 4 is 75.9 Å². The van der Waals surface area contributed by atoms with Crippen LogP contribution in [0.2, 0.25) is 5.02 Å². The van der Waals surface area contributed by atoms with Crippen LogP contribution in [0.25, 0.3) is 20.2 Å². The number of thiophene rings is 2. The minimum absolute atomic E-state index is 0.0557.